The predicted molar refractivity (Wildman–Crippen MR) is 128 cm³/mol. The number of alkyl halides is 6. The van der Waals surface area contributed by atoms with Gasteiger partial charge in [0.1, 0.15) is 11.5 Å². The summed E-state index contributed by atoms with van der Waals surface area (Å²) in [6, 6.07) is 2.33. The predicted octanol–water partition coefficient (Wildman–Crippen LogP) is 5.16. The highest BCUT2D eigenvalue weighted by Crippen LogP contribution is 2.38. The van der Waals surface area contributed by atoms with Gasteiger partial charge in [0.15, 0.2) is 24.7 Å². The van der Waals surface area contributed by atoms with E-state index in [0.717, 1.165) is 6.07 Å². The zero-order chi connectivity index (χ0) is 30.5. The van der Waals surface area contributed by atoms with Crippen molar-refractivity contribution in [1.29, 1.82) is 0 Å². The molecule has 1 saturated heterocycles. The molecule has 1 aliphatic rings. The van der Waals surface area contributed by atoms with E-state index in [4.69, 9.17) is 0 Å². The van der Waals surface area contributed by atoms with E-state index in [1.807, 2.05) is 0 Å². The third-order valence-corrected chi connectivity index (χ3v) is 10.1. The van der Waals surface area contributed by atoms with E-state index in [1.54, 1.807) is 0 Å². The van der Waals surface area contributed by atoms with Crippen LogP contribution in [-0.2, 0) is 32.0 Å². The Morgan fingerprint density at radius 2 is 1.52 bits per heavy atom. The van der Waals surface area contributed by atoms with Crippen LogP contribution in [0.5, 0.6) is 0 Å². The number of likely N-dealkylation sites (tertiary alicyclic amines) is 1. The second-order valence-corrected chi connectivity index (χ2v) is 14.7. The summed E-state index contributed by atoms with van der Waals surface area (Å²) in [5.41, 5.74) is -3.46. The summed E-state index contributed by atoms with van der Waals surface area (Å²) in [6.07, 6.45) is -8.90. The minimum absolute atomic E-state index is 0.00202. The van der Waals surface area contributed by atoms with Gasteiger partial charge in [0.2, 0.25) is 0 Å². The molecule has 0 spiro atoms. The molecule has 3 rings (SSSR count). The molecular weight excluding hydrogens is 593 g/mol. The van der Waals surface area contributed by atoms with E-state index >= 15 is 0 Å². The van der Waals surface area contributed by atoms with Crippen LogP contribution < -0.4 is 0 Å². The van der Waals surface area contributed by atoms with Crippen LogP contribution in [-0.4, -0.2) is 56.7 Å². The number of benzene rings is 1. The Morgan fingerprint density at radius 1 is 0.950 bits per heavy atom. The van der Waals surface area contributed by atoms with Crippen molar-refractivity contribution >= 4 is 25.6 Å². The van der Waals surface area contributed by atoms with Crippen LogP contribution >= 0.6 is 0 Å². The van der Waals surface area contributed by atoms with Crippen LogP contribution in [0.4, 0.5) is 30.7 Å². The molecule has 0 N–H and O–H groups in total. The summed E-state index contributed by atoms with van der Waals surface area (Å²) in [5.74, 6) is -2.57. The molecule has 0 bridgehead atoms. The van der Waals surface area contributed by atoms with Gasteiger partial charge in [-0.1, -0.05) is 0 Å². The second kappa shape index (κ2) is 10.6. The van der Waals surface area contributed by atoms with Crippen molar-refractivity contribution in [2.24, 2.45) is 5.92 Å². The number of hydrogen-bond donors (Lipinski definition) is 0. The lowest BCUT2D eigenvalue weighted by atomic mass is 9.88. The maximum atomic E-state index is 13.9. The van der Waals surface area contributed by atoms with E-state index in [0.29, 0.717) is 24.5 Å². The molecule has 2 heterocycles. The summed E-state index contributed by atoms with van der Waals surface area (Å²) < 4.78 is 141. The first-order valence-electron chi connectivity index (χ1n) is 11.7. The highest BCUT2D eigenvalue weighted by molar-refractivity contribution is 7.92. The fraction of sp³-hybridized carbons (Fsp3) is 0.500. The minimum atomic E-state index is -4.96. The van der Waals surface area contributed by atoms with Crippen molar-refractivity contribution in [3.05, 3.63) is 53.0 Å². The van der Waals surface area contributed by atoms with Gasteiger partial charge in [0, 0.05) is 19.3 Å². The minimum Gasteiger partial charge on any atom is -0.339 e. The molecule has 0 unspecified atom stereocenters. The maximum Gasteiger partial charge on any atom is 0.433 e. The van der Waals surface area contributed by atoms with Crippen molar-refractivity contribution in [1.82, 2.24) is 9.88 Å². The SMILES string of the molecule is CC(C)(CC1CCN(C(=O)c2ccc(C(F)(F)F)nc2S(C)(=O)=O)CC1)S(=O)(=O)c1cc(F)cc(C(F)(F)F)c1. The third kappa shape index (κ3) is 6.75. The molecule has 0 radical (unpaired) electrons. The number of sulfone groups is 2. The van der Waals surface area contributed by atoms with E-state index in [9.17, 15) is 52.4 Å². The number of rotatable bonds is 6. The topological polar surface area (TPSA) is 101 Å². The standard InChI is InChI=1S/C24H25F7N2O5S2/c1-22(2,40(37,38)17-11-15(23(26,27)28)10-16(25)12-17)13-14-6-8-33(9-7-14)21(34)18-4-5-19(24(29,30)31)32-20(18)39(3,35)36/h4-5,10-12,14H,6-9,13H2,1-3H3. The van der Waals surface area contributed by atoms with Gasteiger partial charge in [-0.15, -0.1) is 0 Å². The average Bonchev–Trinajstić information content (AvgIpc) is 2.81. The first kappa shape index (κ1) is 31.8. The van der Waals surface area contributed by atoms with Gasteiger partial charge in [-0.05, 0) is 69.4 Å². The molecule has 1 fully saturated rings. The number of aromatic nitrogens is 1. The molecule has 1 aliphatic heterocycles. The number of amides is 1. The van der Waals surface area contributed by atoms with E-state index in [2.05, 4.69) is 4.98 Å². The second-order valence-electron chi connectivity index (χ2n) is 10.2. The highest BCUT2D eigenvalue weighted by Gasteiger charge is 2.41. The monoisotopic (exact) mass is 618 g/mol. The molecule has 16 heteroatoms. The van der Waals surface area contributed by atoms with Gasteiger partial charge in [0.05, 0.1) is 20.8 Å². The van der Waals surface area contributed by atoms with Crippen molar-refractivity contribution in [3.8, 4) is 0 Å². The Morgan fingerprint density at radius 3 is 2.02 bits per heavy atom. The lowest BCUT2D eigenvalue weighted by Crippen LogP contribution is -2.42. The zero-order valence-electron chi connectivity index (χ0n) is 21.4. The number of nitrogens with zero attached hydrogens (tertiary/aromatic N) is 2. The van der Waals surface area contributed by atoms with Gasteiger partial charge in [-0.25, -0.2) is 26.2 Å². The molecule has 0 saturated carbocycles. The van der Waals surface area contributed by atoms with Crippen molar-refractivity contribution in [3.63, 3.8) is 0 Å². The van der Waals surface area contributed by atoms with Gasteiger partial charge >= 0.3 is 12.4 Å². The van der Waals surface area contributed by atoms with Crippen LogP contribution in [0.3, 0.4) is 0 Å². The number of pyridine rings is 1. The molecule has 0 atom stereocenters. The third-order valence-electron chi connectivity index (χ3n) is 6.65. The van der Waals surface area contributed by atoms with E-state index in [-0.39, 0.29) is 44.3 Å². The first-order valence-corrected chi connectivity index (χ1v) is 15.1. The van der Waals surface area contributed by atoms with Crippen molar-refractivity contribution in [2.75, 3.05) is 19.3 Å². The first-order chi connectivity index (χ1) is 18.0. The molecule has 40 heavy (non-hydrogen) atoms. The molecule has 1 amide bonds. The number of piperidine rings is 1. The van der Waals surface area contributed by atoms with Crippen LogP contribution in [0, 0.1) is 11.7 Å². The van der Waals surface area contributed by atoms with Crippen molar-refractivity contribution < 1.29 is 52.4 Å². The van der Waals surface area contributed by atoms with Crippen LogP contribution in [0.2, 0.25) is 0 Å². The fourth-order valence-electron chi connectivity index (χ4n) is 4.56. The smallest absolute Gasteiger partial charge is 0.339 e. The summed E-state index contributed by atoms with van der Waals surface area (Å²) in [4.78, 5) is 16.6. The van der Waals surface area contributed by atoms with Gasteiger partial charge in [-0.3, -0.25) is 4.79 Å². The number of halogens is 7. The number of hydrogen-bond acceptors (Lipinski definition) is 6. The summed E-state index contributed by atoms with van der Waals surface area (Å²) in [5, 5.41) is -1.02. The molecular formula is C24H25F7N2O5S2. The summed E-state index contributed by atoms with van der Waals surface area (Å²) in [7, 11) is -8.76. The van der Waals surface area contributed by atoms with E-state index in [1.165, 1.54) is 18.7 Å². The fourth-order valence-corrected chi connectivity index (χ4v) is 7.02. The molecule has 7 nitrogen and oxygen atoms in total. The quantitative estimate of drug-likeness (QED) is 0.415. The van der Waals surface area contributed by atoms with Gasteiger partial charge in [-0.2, -0.15) is 26.3 Å². The average molecular weight is 619 g/mol. The van der Waals surface area contributed by atoms with Gasteiger partial charge in [0.25, 0.3) is 5.91 Å². The molecule has 1 aromatic carbocycles. The molecule has 1 aromatic heterocycles. The Balaban J connectivity index is 1.77. The lowest BCUT2D eigenvalue weighted by molar-refractivity contribution is -0.141. The highest BCUT2D eigenvalue weighted by atomic mass is 32.2. The Labute approximate surface area is 226 Å². The molecule has 222 valence electrons. The van der Waals surface area contributed by atoms with Crippen LogP contribution in [0.15, 0.2) is 40.3 Å². The maximum absolute atomic E-state index is 13.9. The Hall–Kier alpha value is -2.75. The molecule has 2 aromatic rings. The van der Waals surface area contributed by atoms with E-state index < -0.39 is 75.2 Å². The van der Waals surface area contributed by atoms with Crippen LogP contribution in [0.1, 0.15) is 54.7 Å². The zero-order valence-corrected chi connectivity index (χ0v) is 23.0. The van der Waals surface area contributed by atoms with Crippen molar-refractivity contribution in [2.45, 2.75) is 60.1 Å². The summed E-state index contributed by atoms with van der Waals surface area (Å²) in [6.45, 7) is 2.60. The number of carbonyl (C=O) groups is 1. The lowest BCUT2D eigenvalue weighted by Gasteiger charge is -2.36. The number of carbonyl (C=O) groups excluding carboxylic acids is 1. The Bertz CT molecular complexity index is 1510. The molecule has 0 aliphatic carbocycles. The normalized spacial score (nSPS) is 16.3. The largest absolute Gasteiger partial charge is 0.433 e. The van der Waals surface area contributed by atoms with Crippen LogP contribution in [0.25, 0.3) is 0 Å². The van der Waals surface area contributed by atoms with Gasteiger partial charge < -0.3 is 4.90 Å². The Kier molecular flexibility index (Phi) is 8.40. The summed E-state index contributed by atoms with van der Waals surface area (Å²) >= 11 is 0.